The minimum absolute atomic E-state index is 0.182. The number of hydrogen-bond acceptors (Lipinski definition) is 3. The van der Waals surface area contributed by atoms with Crippen LogP contribution in [0.15, 0.2) is 24.5 Å². The minimum Gasteiger partial charge on any atom is -0.327 e. The van der Waals surface area contributed by atoms with Crippen LogP contribution in [0, 0.1) is 13.8 Å². The number of aryl methyl sites for hydroxylation is 2. The number of nitrogens with two attached hydrogens (primary N) is 1. The molecule has 1 unspecified atom stereocenters. The Kier molecular flexibility index (Phi) is 4.32. The fourth-order valence-corrected chi connectivity index (χ4v) is 2.43. The Bertz CT molecular complexity index is 531. The van der Waals surface area contributed by atoms with Crippen LogP contribution in [0.3, 0.4) is 0 Å². The molecule has 0 bridgehead atoms. The smallest absolute Gasteiger partial charge is 0.0628 e. The van der Waals surface area contributed by atoms with E-state index in [-0.39, 0.29) is 6.04 Å². The molecule has 0 saturated carbocycles. The monoisotopic (exact) mass is 258 g/mol. The molecule has 0 amide bonds. The van der Waals surface area contributed by atoms with Crippen LogP contribution < -0.4 is 5.73 Å². The second-order valence-electron chi connectivity index (χ2n) is 5.13. The highest BCUT2D eigenvalue weighted by atomic mass is 15.3. The molecule has 0 aliphatic heterocycles. The highest BCUT2D eigenvalue weighted by Gasteiger charge is 2.11. The van der Waals surface area contributed by atoms with Crippen molar-refractivity contribution < 1.29 is 0 Å². The molecule has 2 N–H and O–H groups in total. The zero-order chi connectivity index (χ0) is 13.8. The van der Waals surface area contributed by atoms with Gasteiger partial charge in [-0.1, -0.05) is 0 Å². The van der Waals surface area contributed by atoms with E-state index in [0.717, 1.165) is 25.0 Å². The van der Waals surface area contributed by atoms with Crippen molar-refractivity contribution in [1.29, 1.82) is 0 Å². The topological polar surface area (TPSA) is 56.7 Å². The van der Waals surface area contributed by atoms with Gasteiger partial charge in [0.05, 0.1) is 5.69 Å². The molecule has 2 rings (SSSR count). The molecule has 0 radical (unpaired) electrons. The van der Waals surface area contributed by atoms with E-state index in [1.807, 2.05) is 36.3 Å². The van der Waals surface area contributed by atoms with E-state index in [9.17, 15) is 0 Å². The van der Waals surface area contributed by atoms with Gasteiger partial charge < -0.3 is 5.73 Å². The third-order valence-electron chi connectivity index (χ3n) is 3.67. The first-order valence-electron chi connectivity index (χ1n) is 6.71. The quantitative estimate of drug-likeness (QED) is 0.891. The summed E-state index contributed by atoms with van der Waals surface area (Å²) >= 11 is 0. The number of aromatic nitrogens is 3. The second kappa shape index (κ2) is 5.97. The Labute approximate surface area is 114 Å². The Morgan fingerprint density at radius 2 is 1.95 bits per heavy atom. The van der Waals surface area contributed by atoms with Crippen LogP contribution in [0.2, 0.25) is 0 Å². The maximum absolute atomic E-state index is 6.21. The Morgan fingerprint density at radius 3 is 2.53 bits per heavy atom. The lowest BCUT2D eigenvalue weighted by Gasteiger charge is -2.11. The number of nitrogens with zero attached hydrogens (tertiary/aromatic N) is 3. The third kappa shape index (κ3) is 3.41. The minimum atomic E-state index is 0.182. The van der Waals surface area contributed by atoms with Crippen molar-refractivity contribution in [3.63, 3.8) is 0 Å². The molecule has 19 heavy (non-hydrogen) atoms. The Hall–Kier alpha value is -1.68. The first kappa shape index (κ1) is 13.7. The highest BCUT2D eigenvalue weighted by Crippen LogP contribution is 2.15. The molecule has 2 aromatic rings. The van der Waals surface area contributed by atoms with Crippen LogP contribution in [0.5, 0.6) is 0 Å². The van der Waals surface area contributed by atoms with E-state index in [4.69, 9.17) is 5.73 Å². The zero-order valence-corrected chi connectivity index (χ0v) is 11.9. The molecule has 4 nitrogen and oxygen atoms in total. The van der Waals surface area contributed by atoms with Gasteiger partial charge in [0.15, 0.2) is 0 Å². The van der Waals surface area contributed by atoms with Gasteiger partial charge in [-0.2, -0.15) is 5.10 Å². The normalized spacial score (nSPS) is 12.6. The van der Waals surface area contributed by atoms with Gasteiger partial charge >= 0.3 is 0 Å². The molecular weight excluding hydrogens is 236 g/mol. The third-order valence-corrected chi connectivity index (χ3v) is 3.67. The van der Waals surface area contributed by atoms with Crippen molar-refractivity contribution >= 4 is 0 Å². The summed E-state index contributed by atoms with van der Waals surface area (Å²) in [5, 5.41) is 4.44. The number of pyridine rings is 1. The molecule has 0 aliphatic rings. The summed E-state index contributed by atoms with van der Waals surface area (Å²) in [6.07, 6.45) is 6.52. The Balaban J connectivity index is 1.92. The molecular formula is C15H22N4. The van der Waals surface area contributed by atoms with Gasteiger partial charge in [0, 0.05) is 31.2 Å². The van der Waals surface area contributed by atoms with Gasteiger partial charge in [0.25, 0.3) is 0 Å². The zero-order valence-electron chi connectivity index (χ0n) is 11.9. The van der Waals surface area contributed by atoms with Gasteiger partial charge in [-0.25, -0.2) is 0 Å². The Morgan fingerprint density at radius 1 is 1.26 bits per heavy atom. The van der Waals surface area contributed by atoms with Crippen LogP contribution in [0.25, 0.3) is 0 Å². The highest BCUT2D eigenvalue weighted by molar-refractivity contribution is 5.24. The van der Waals surface area contributed by atoms with Crippen LogP contribution in [0.1, 0.15) is 28.9 Å². The predicted octanol–water partition coefficient (Wildman–Crippen LogP) is 1.93. The lowest BCUT2D eigenvalue weighted by Crippen LogP contribution is -2.23. The molecule has 2 aromatic heterocycles. The van der Waals surface area contributed by atoms with Gasteiger partial charge in [0.1, 0.15) is 0 Å². The molecule has 0 aromatic carbocycles. The molecule has 102 valence electrons. The summed E-state index contributed by atoms with van der Waals surface area (Å²) in [5.41, 5.74) is 11.2. The average molecular weight is 258 g/mol. The summed E-state index contributed by atoms with van der Waals surface area (Å²) in [7, 11) is 1.99. The molecule has 0 aliphatic carbocycles. The predicted molar refractivity (Wildman–Crippen MR) is 76.9 cm³/mol. The van der Waals surface area contributed by atoms with Crippen molar-refractivity contribution in [2.45, 2.75) is 39.2 Å². The second-order valence-corrected chi connectivity index (χ2v) is 5.13. The summed E-state index contributed by atoms with van der Waals surface area (Å²) in [5.74, 6) is 0. The van der Waals surface area contributed by atoms with E-state index >= 15 is 0 Å². The van der Waals surface area contributed by atoms with Crippen LogP contribution >= 0.6 is 0 Å². The molecule has 2 heterocycles. The molecule has 4 heteroatoms. The number of hydrogen-bond donors (Lipinski definition) is 1. The van der Waals surface area contributed by atoms with Crippen LogP contribution in [0.4, 0.5) is 0 Å². The summed E-state index contributed by atoms with van der Waals surface area (Å²) in [6, 6.07) is 4.24. The van der Waals surface area contributed by atoms with Crippen molar-refractivity contribution in [3.05, 3.63) is 47.0 Å². The lowest BCUT2D eigenvalue weighted by atomic mass is 9.99. The maximum atomic E-state index is 6.21. The van der Waals surface area contributed by atoms with Gasteiger partial charge in [0.2, 0.25) is 0 Å². The standard InChI is InChI=1S/C15H22N4/c1-11-15(12(2)19(3)18-11)5-4-14(16)10-13-6-8-17-9-7-13/h6-9,14H,4-5,10,16H2,1-3H3. The average Bonchev–Trinajstić information content (AvgIpc) is 2.62. The molecule has 0 fully saturated rings. The summed E-state index contributed by atoms with van der Waals surface area (Å²) < 4.78 is 1.94. The van der Waals surface area contributed by atoms with E-state index in [1.165, 1.54) is 16.8 Å². The summed E-state index contributed by atoms with van der Waals surface area (Å²) in [6.45, 7) is 4.18. The van der Waals surface area contributed by atoms with Crippen molar-refractivity contribution in [2.24, 2.45) is 12.8 Å². The van der Waals surface area contributed by atoms with Gasteiger partial charge in [-0.15, -0.1) is 0 Å². The largest absolute Gasteiger partial charge is 0.327 e. The first-order valence-corrected chi connectivity index (χ1v) is 6.71. The first-order chi connectivity index (χ1) is 9.08. The van der Waals surface area contributed by atoms with Gasteiger partial charge in [-0.3, -0.25) is 9.67 Å². The van der Waals surface area contributed by atoms with Crippen molar-refractivity contribution in [1.82, 2.24) is 14.8 Å². The molecule has 0 saturated heterocycles. The van der Waals surface area contributed by atoms with Gasteiger partial charge in [-0.05, 0) is 56.4 Å². The fourth-order valence-electron chi connectivity index (χ4n) is 2.43. The van der Waals surface area contributed by atoms with Crippen LogP contribution in [-0.4, -0.2) is 20.8 Å². The van der Waals surface area contributed by atoms with Crippen molar-refractivity contribution in [2.75, 3.05) is 0 Å². The number of rotatable bonds is 5. The fraction of sp³-hybridized carbons (Fsp3) is 0.467. The molecule has 1 atom stereocenters. The molecule has 0 spiro atoms. The van der Waals surface area contributed by atoms with E-state index < -0.39 is 0 Å². The lowest BCUT2D eigenvalue weighted by molar-refractivity contribution is 0.607. The SMILES string of the molecule is Cc1nn(C)c(C)c1CCC(N)Cc1ccncc1. The van der Waals surface area contributed by atoms with Crippen molar-refractivity contribution in [3.8, 4) is 0 Å². The van der Waals surface area contributed by atoms with E-state index in [2.05, 4.69) is 23.9 Å². The van der Waals surface area contributed by atoms with E-state index in [0.29, 0.717) is 0 Å². The maximum Gasteiger partial charge on any atom is 0.0628 e. The van der Waals surface area contributed by atoms with E-state index in [1.54, 1.807) is 0 Å². The summed E-state index contributed by atoms with van der Waals surface area (Å²) in [4.78, 5) is 4.02. The van der Waals surface area contributed by atoms with Crippen LogP contribution in [-0.2, 0) is 19.9 Å².